The van der Waals surface area contributed by atoms with Gasteiger partial charge in [0.2, 0.25) is 0 Å². The lowest BCUT2D eigenvalue weighted by Crippen LogP contribution is -1.84. The number of ether oxygens (including phenoxy) is 1. The van der Waals surface area contributed by atoms with E-state index in [1.165, 1.54) is 19.2 Å². The number of aromatic nitrogens is 2. The number of aromatic hydroxyl groups is 1. The highest BCUT2D eigenvalue weighted by atomic mass is 19.1. The number of nitrogens with zero attached hydrogens (tertiary/aromatic N) is 1. The molecule has 0 spiro atoms. The highest BCUT2D eigenvalue weighted by molar-refractivity contribution is 5.72. The SMILES string of the molecule is COc1cc(C=Cc2cc(C=Cc3ccc(F)cc3)n[nH]2)ccc1O. The molecule has 4 nitrogen and oxygen atoms in total. The molecule has 2 N–H and O–H groups in total. The molecule has 126 valence electrons. The number of hydrogen-bond acceptors (Lipinski definition) is 3. The first-order valence-corrected chi connectivity index (χ1v) is 7.68. The van der Waals surface area contributed by atoms with Crippen molar-refractivity contribution in [1.29, 1.82) is 0 Å². The van der Waals surface area contributed by atoms with Crippen molar-refractivity contribution in [3.63, 3.8) is 0 Å². The molecule has 3 aromatic rings. The smallest absolute Gasteiger partial charge is 0.161 e. The Labute approximate surface area is 144 Å². The number of aromatic amines is 1. The van der Waals surface area contributed by atoms with E-state index in [4.69, 9.17) is 4.74 Å². The maximum absolute atomic E-state index is 12.9. The Morgan fingerprint density at radius 3 is 2.44 bits per heavy atom. The molecule has 0 saturated carbocycles. The van der Waals surface area contributed by atoms with Crippen LogP contribution >= 0.6 is 0 Å². The minimum absolute atomic E-state index is 0.106. The molecule has 1 aromatic heterocycles. The van der Waals surface area contributed by atoms with Crippen molar-refractivity contribution in [2.75, 3.05) is 7.11 Å². The average Bonchev–Trinajstić information content (AvgIpc) is 3.08. The van der Waals surface area contributed by atoms with Gasteiger partial charge in [-0.1, -0.05) is 30.4 Å². The molecule has 0 amide bonds. The summed E-state index contributed by atoms with van der Waals surface area (Å²) in [5.74, 6) is 0.277. The zero-order valence-corrected chi connectivity index (χ0v) is 13.6. The molecule has 5 heteroatoms. The first-order valence-electron chi connectivity index (χ1n) is 7.68. The number of benzene rings is 2. The summed E-state index contributed by atoms with van der Waals surface area (Å²) in [6.45, 7) is 0. The van der Waals surface area contributed by atoms with Crippen LogP contribution in [0.2, 0.25) is 0 Å². The summed E-state index contributed by atoms with van der Waals surface area (Å²) < 4.78 is 18.0. The van der Waals surface area contributed by atoms with E-state index in [9.17, 15) is 9.50 Å². The van der Waals surface area contributed by atoms with Gasteiger partial charge in [-0.05, 0) is 53.6 Å². The lowest BCUT2D eigenvalue weighted by atomic mass is 10.1. The van der Waals surface area contributed by atoms with Crippen LogP contribution < -0.4 is 4.74 Å². The van der Waals surface area contributed by atoms with Gasteiger partial charge in [0.05, 0.1) is 18.5 Å². The number of phenolic OH excluding ortho intramolecular Hbond substituents is 1. The van der Waals surface area contributed by atoms with E-state index in [0.29, 0.717) is 5.75 Å². The summed E-state index contributed by atoms with van der Waals surface area (Å²) in [5, 5.41) is 16.7. The molecule has 0 radical (unpaired) electrons. The van der Waals surface area contributed by atoms with Crippen LogP contribution in [0.4, 0.5) is 4.39 Å². The second-order valence-electron chi connectivity index (χ2n) is 5.40. The molecular formula is C20H17FN2O2. The van der Waals surface area contributed by atoms with Crippen molar-refractivity contribution in [1.82, 2.24) is 10.2 Å². The molecule has 1 heterocycles. The summed E-state index contributed by atoms with van der Waals surface area (Å²) in [6, 6.07) is 13.3. The predicted octanol–water partition coefficient (Wildman–Crippen LogP) is 4.60. The van der Waals surface area contributed by atoms with Gasteiger partial charge in [0, 0.05) is 0 Å². The van der Waals surface area contributed by atoms with Crippen molar-refractivity contribution in [3.8, 4) is 11.5 Å². The largest absolute Gasteiger partial charge is 0.504 e. The molecule has 0 aliphatic heterocycles. The molecule has 3 rings (SSSR count). The van der Waals surface area contributed by atoms with Gasteiger partial charge in [-0.25, -0.2) is 4.39 Å². The molecular weight excluding hydrogens is 319 g/mol. The molecule has 25 heavy (non-hydrogen) atoms. The second kappa shape index (κ2) is 7.49. The van der Waals surface area contributed by atoms with Gasteiger partial charge in [-0.2, -0.15) is 5.10 Å². The number of hydrogen-bond donors (Lipinski definition) is 2. The predicted molar refractivity (Wildman–Crippen MR) is 97.5 cm³/mol. The van der Waals surface area contributed by atoms with Crippen molar-refractivity contribution in [2.45, 2.75) is 0 Å². The standard InChI is InChI=1S/C20H17FN2O2/c1-25-20-12-15(6-11-19(20)24)5-10-18-13-17(22-23-18)9-4-14-2-7-16(21)8-3-14/h2-13,24H,1H3,(H,22,23). The average molecular weight is 336 g/mol. The minimum Gasteiger partial charge on any atom is -0.504 e. The van der Waals surface area contributed by atoms with Gasteiger partial charge < -0.3 is 9.84 Å². The molecule has 0 aliphatic rings. The van der Waals surface area contributed by atoms with E-state index in [0.717, 1.165) is 22.5 Å². The fourth-order valence-electron chi connectivity index (χ4n) is 2.26. The van der Waals surface area contributed by atoms with E-state index in [1.807, 2.05) is 30.4 Å². The number of phenols is 1. The van der Waals surface area contributed by atoms with E-state index in [1.54, 1.807) is 30.3 Å². The number of H-pyrrole nitrogens is 1. The third kappa shape index (κ3) is 4.35. The Balaban J connectivity index is 1.70. The summed E-state index contributed by atoms with van der Waals surface area (Å²) in [5.41, 5.74) is 3.41. The fourth-order valence-corrected chi connectivity index (χ4v) is 2.26. The van der Waals surface area contributed by atoms with Gasteiger partial charge in [-0.15, -0.1) is 0 Å². The fraction of sp³-hybridized carbons (Fsp3) is 0.0500. The maximum atomic E-state index is 12.9. The third-order valence-corrected chi connectivity index (χ3v) is 3.59. The quantitative estimate of drug-likeness (QED) is 0.716. The van der Waals surface area contributed by atoms with Crippen LogP contribution in [0, 0.1) is 5.82 Å². The molecule has 0 fully saturated rings. The van der Waals surface area contributed by atoms with E-state index in [2.05, 4.69) is 10.2 Å². The molecule has 0 aliphatic carbocycles. The lowest BCUT2D eigenvalue weighted by molar-refractivity contribution is 0.373. The molecule has 2 aromatic carbocycles. The topological polar surface area (TPSA) is 58.1 Å². The number of methoxy groups -OCH3 is 1. The number of rotatable bonds is 5. The highest BCUT2D eigenvalue weighted by Crippen LogP contribution is 2.27. The van der Waals surface area contributed by atoms with Crippen molar-refractivity contribution in [3.05, 3.63) is 76.9 Å². The van der Waals surface area contributed by atoms with Crippen LogP contribution in [0.25, 0.3) is 24.3 Å². The van der Waals surface area contributed by atoms with Crippen LogP contribution in [-0.4, -0.2) is 22.4 Å². The van der Waals surface area contributed by atoms with E-state index in [-0.39, 0.29) is 11.6 Å². The van der Waals surface area contributed by atoms with Crippen LogP contribution in [-0.2, 0) is 0 Å². The van der Waals surface area contributed by atoms with Crippen molar-refractivity contribution in [2.24, 2.45) is 0 Å². The second-order valence-corrected chi connectivity index (χ2v) is 5.40. The van der Waals surface area contributed by atoms with Crippen LogP contribution in [0.1, 0.15) is 22.5 Å². The van der Waals surface area contributed by atoms with Gasteiger partial charge in [0.15, 0.2) is 11.5 Å². The normalized spacial score (nSPS) is 11.4. The summed E-state index contributed by atoms with van der Waals surface area (Å²) >= 11 is 0. The van der Waals surface area contributed by atoms with Crippen LogP contribution in [0.15, 0.2) is 48.5 Å². The van der Waals surface area contributed by atoms with Crippen LogP contribution in [0.5, 0.6) is 11.5 Å². The maximum Gasteiger partial charge on any atom is 0.161 e. The van der Waals surface area contributed by atoms with Crippen molar-refractivity contribution < 1.29 is 14.2 Å². The minimum atomic E-state index is -0.254. The summed E-state index contributed by atoms with van der Waals surface area (Å²) in [4.78, 5) is 0. The Kier molecular flexibility index (Phi) is 4.95. The van der Waals surface area contributed by atoms with Gasteiger partial charge >= 0.3 is 0 Å². The molecule has 0 unspecified atom stereocenters. The number of halogens is 1. The van der Waals surface area contributed by atoms with Gasteiger partial charge in [-0.3, -0.25) is 5.10 Å². The zero-order chi connectivity index (χ0) is 17.6. The molecule has 0 saturated heterocycles. The highest BCUT2D eigenvalue weighted by Gasteiger charge is 2.01. The van der Waals surface area contributed by atoms with E-state index >= 15 is 0 Å². The first kappa shape index (κ1) is 16.5. The Hall–Kier alpha value is -3.34. The lowest BCUT2D eigenvalue weighted by Gasteiger charge is -2.03. The number of nitrogens with one attached hydrogen (secondary N) is 1. The molecule has 0 bridgehead atoms. The van der Waals surface area contributed by atoms with Crippen molar-refractivity contribution >= 4 is 24.3 Å². The summed E-state index contributed by atoms with van der Waals surface area (Å²) in [6.07, 6.45) is 7.50. The van der Waals surface area contributed by atoms with Gasteiger partial charge in [0.1, 0.15) is 5.82 Å². The van der Waals surface area contributed by atoms with E-state index < -0.39 is 0 Å². The Morgan fingerprint density at radius 1 is 0.960 bits per heavy atom. The Morgan fingerprint density at radius 2 is 1.68 bits per heavy atom. The summed E-state index contributed by atoms with van der Waals surface area (Å²) in [7, 11) is 1.51. The Bertz CT molecular complexity index is 912. The van der Waals surface area contributed by atoms with Gasteiger partial charge in [0.25, 0.3) is 0 Å². The first-order chi connectivity index (χ1) is 12.1. The monoisotopic (exact) mass is 336 g/mol. The zero-order valence-electron chi connectivity index (χ0n) is 13.6. The molecule has 0 atom stereocenters. The third-order valence-electron chi connectivity index (χ3n) is 3.59. The van der Waals surface area contributed by atoms with Crippen LogP contribution in [0.3, 0.4) is 0 Å².